The number of hydrogen-bond donors (Lipinski definition) is 0. The Kier molecular flexibility index (Phi) is 7.36. The molecule has 1 atom stereocenters. The zero-order valence-corrected chi connectivity index (χ0v) is 18.0. The fourth-order valence-corrected chi connectivity index (χ4v) is 3.89. The Balaban J connectivity index is 2.00. The summed E-state index contributed by atoms with van der Waals surface area (Å²) in [5.41, 5.74) is 0.418. The van der Waals surface area contributed by atoms with Gasteiger partial charge in [-0.2, -0.15) is 13.2 Å². The van der Waals surface area contributed by atoms with Crippen molar-refractivity contribution in [1.29, 1.82) is 0 Å². The largest absolute Gasteiger partial charge is 0.458 e. The summed E-state index contributed by atoms with van der Waals surface area (Å²) < 4.78 is 94.8. The monoisotopic (exact) mass is 466 g/mol. The summed E-state index contributed by atoms with van der Waals surface area (Å²) in [6, 6.07) is 2.18. The maximum atomic E-state index is 14.8. The molecule has 0 heterocycles. The van der Waals surface area contributed by atoms with Crippen molar-refractivity contribution in [3.8, 4) is 11.8 Å². The van der Waals surface area contributed by atoms with Crippen LogP contribution in [0, 0.1) is 29.4 Å². The number of halogens is 7. The molecule has 0 aromatic heterocycles. The molecule has 0 amide bonds. The van der Waals surface area contributed by atoms with Gasteiger partial charge < -0.3 is 0 Å². The Morgan fingerprint density at radius 2 is 1.67 bits per heavy atom. The van der Waals surface area contributed by atoms with E-state index in [-0.39, 0.29) is 5.57 Å². The van der Waals surface area contributed by atoms with Gasteiger partial charge in [-0.3, -0.25) is 0 Å². The molecular weight excluding hydrogens is 445 g/mol. The summed E-state index contributed by atoms with van der Waals surface area (Å²) in [4.78, 5) is 0. The highest BCUT2D eigenvalue weighted by Crippen LogP contribution is 2.31. The van der Waals surface area contributed by atoms with Crippen molar-refractivity contribution in [3.05, 3.63) is 81.3 Å². The third-order valence-corrected chi connectivity index (χ3v) is 5.55. The van der Waals surface area contributed by atoms with Crippen molar-refractivity contribution in [2.75, 3.05) is 0 Å². The van der Waals surface area contributed by atoms with Crippen LogP contribution in [0.15, 0.2) is 59.2 Å². The highest BCUT2D eigenvalue weighted by Gasteiger charge is 2.25. The van der Waals surface area contributed by atoms with Crippen LogP contribution in [0.25, 0.3) is 11.1 Å². The van der Waals surface area contributed by atoms with Gasteiger partial charge in [-0.1, -0.05) is 44.4 Å². The molecule has 7 heteroatoms. The molecule has 2 aliphatic carbocycles. The minimum absolute atomic E-state index is 0.303. The molecule has 0 fully saturated rings. The minimum Gasteiger partial charge on any atom is -0.210 e. The molecule has 3 rings (SSSR count). The summed E-state index contributed by atoms with van der Waals surface area (Å²) in [6.07, 6.45) is 3.20. The van der Waals surface area contributed by atoms with Crippen LogP contribution in [0.1, 0.15) is 39.5 Å². The molecule has 0 saturated heterocycles. The maximum absolute atomic E-state index is 14.8. The van der Waals surface area contributed by atoms with Gasteiger partial charge in [-0.25, -0.2) is 17.6 Å². The van der Waals surface area contributed by atoms with Crippen LogP contribution in [-0.4, -0.2) is 6.18 Å². The van der Waals surface area contributed by atoms with Crippen LogP contribution in [-0.2, 0) is 0 Å². The molecule has 1 aromatic carbocycles. The first kappa shape index (κ1) is 24.6. The first-order chi connectivity index (χ1) is 15.5. The Morgan fingerprint density at radius 1 is 1.00 bits per heavy atom. The first-order valence-electron chi connectivity index (χ1n) is 10.5. The molecule has 174 valence electrons. The molecule has 1 aromatic rings. The summed E-state index contributed by atoms with van der Waals surface area (Å²) in [6.45, 7) is 4.21. The second kappa shape index (κ2) is 9.86. The van der Waals surface area contributed by atoms with E-state index in [1.54, 1.807) is 6.08 Å². The second-order valence-corrected chi connectivity index (χ2v) is 7.99. The van der Waals surface area contributed by atoms with Crippen LogP contribution in [0.5, 0.6) is 0 Å². The maximum Gasteiger partial charge on any atom is 0.458 e. The molecule has 0 radical (unpaired) electrons. The number of alkyl halides is 3. The van der Waals surface area contributed by atoms with E-state index in [0.29, 0.717) is 29.2 Å². The minimum atomic E-state index is -4.93. The van der Waals surface area contributed by atoms with Crippen LogP contribution in [0.2, 0.25) is 0 Å². The van der Waals surface area contributed by atoms with E-state index in [1.165, 1.54) is 5.92 Å². The fourth-order valence-electron chi connectivity index (χ4n) is 3.89. The second-order valence-electron chi connectivity index (χ2n) is 7.99. The van der Waals surface area contributed by atoms with Crippen molar-refractivity contribution in [2.24, 2.45) is 5.92 Å². The summed E-state index contributed by atoms with van der Waals surface area (Å²) in [5.74, 6) is -2.21. The zero-order valence-electron chi connectivity index (χ0n) is 18.0. The molecule has 0 spiro atoms. The van der Waals surface area contributed by atoms with Gasteiger partial charge in [0.1, 0.15) is 23.3 Å². The lowest BCUT2D eigenvalue weighted by Crippen LogP contribution is -2.23. The molecule has 0 N–H and O–H groups in total. The number of allylic oxidation sites excluding steroid dienone is 8. The molecule has 0 nitrogen and oxygen atoms in total. The quantitative estimate of drug-likeness (QED) is 0.346. The molecule has 33 heavy (non-hydrogen) atoms. The molecule has 1 unspecified atom stereocenters. The van der Waals surface area contributed by atoms with Gasteiger partial charge in [-0.15, -0.1) is 0 Å². The van der Waals surface area contributed by atoms with Gasteiger partial charge in [0.05, 0.1) is 5.57 Å². The van der Waals surface area contributed by atoms with E-state index in [2.05, 4.69) is 13.8 Å². The Hall–Kier alpha value is -3.01. The lowest BCUT2D eigenvalue weighted by Gasteiger charge is -2.16. The van der Waals surface area contributed by atoms with Gasteiger partial charge >= 0.3 is 6.18 Å². The molecular formula is C26H21F7. The van der Waals surface area contributed by atoms with E-state index >= 15 is 0 Å². The standard InChI is InChI=1S/C26H21F7/c1-3-4-15(2)16-5-7-17(8-6-16)18-11-23(29)25(24(30)12-18)19-13-21(27)20(22(28)14-19)9-10-26(31,32)33/h5-7,11-13,15H,3-4,8,14H2,1-2H3. The lowest BCUT2D eigenvalue weighted by atomic mass is 9.90. The predicted octanol–water partition coefficient (Wildman–Crippen LogP) is 6.64. The molecule has 0 saturated carbocycles. The molecule has 0 aliphatic heterocycles. The first-order valence-corrected chi connectivity index (χ1v) is 10.5. The van der Waals surface area contributed by atoms with Crippen molar-refractivity contribution >= 4 is 11.1 Å². The zero-order chi connectivity index (χ0) is 24.3. The summed E-state index contributed by atoms with van der Waals surface area (Å²) >= 11 is 0. The van der Waals surface area contributed by atoms with Crippen molar-refractivity contribution in [3.63, 3.8) is 0 Å². The number of hydrogen-bond acceptors (Lipinski definition) is 0. The van der Waals surface area contributed by atoms with E-state index in [0.717, 1.165) is 36.5 Å². The summed E-state index contributed by atoms with van der Waals surface area (Å²) in [7, 11) is 0. The average Bonchev–Trinajstić information content (AvgIpc) is 2.72. The Bertz CT molecular complexity index is 1230. The third kappa shape index (κ3) is 5.87. The fraction of sp³-hybridized carbons (Fsp3) is 0.308. The average molecular weight is 466 g/mol. The topological polar surface area (TPSA) is 0 Å². The summed E-state index contributed by atoms with van der Waals surface area (Å²) in [5, 5.41) is -0.322. The van der Waals surface area contributed by atoms with Gasteiger partial charge in [0.25, 0.3) is 0 Å². The Morgan fingerprint density at radius 3 is 2.18 bits per heavy atom. The normalized spacial score (nSPS) is 17.5. The number of benzene rings is 1. The van der Waals surface area contributed by atoms with Crippen LogP contribution in [0.4, 0.5) is 30.7 Å². The van der Waals surface area contributed by atoms with Gasteiger partial charge in [0.15, 0.2) is 0 Å². The smallest absolute Gasteiger partial charge is 0.210 e. The van der Waals surface area contributed by atoms with Gasteiger partial charge in [-0.05, 0) is 58.9 Å². The highest BCUT2D eigenvalue weighted by molar-refractivity contribution is 5.68. The van der Waals surface area contributed by atoms with Crippen molar-refractivity contribution < 1.29 is 30.7 Å². The highest BCUT2D eigenvalue weighted by atomic mass is 19.4. The van der Waals surface area contributed by atoms with E-state index in [1.807, 2.05) is 12.2 Å². The lowest BCUT2D eigenvalue weighted by molar-refractivity contribution is -0.0696. The van der Waals surface area contributed by atoms with Crippen LogP contribution < -0.4 is 10.4 Å². The predicted molar refractivity (Wildman–Crippen MR) is 114 cm³/mol. The van der Waals surface area contributed by atoms with E-state index in [9.17, 15) is 30.7 Å². The SMILES string of the molecule is CCCC(C)C1=CCC(=c2cc(F)c(=C3C=C(F)C(C#CC(F)(F)F)=C(F)C3)c(F)c2)C=C1. The van der Waals surface area contributed by atoms with E-state index in [4.69, 9.17) is 0 Å². The Labute approximate surface area is 187 Å². The van der Waals surface area contributed by atoms with Crippen LogP contribution in [0.3, 0.4) is 0 Å². The van der Waals surface area contributed by atoms with E-state index < -0.39 is 46.7 Å². The van der Waals surface area contributed by atoms with Crippen molar-refractivity contribution in [2.45, 2.75) is 45.7 Å². The van der Waals surface area contributed by atoms with Gasteiger partial charge in [0.2, 0.25) is 0 Å². The van der Waals surface area contributed by atoms with Crippen LogP contribution >= 0.6 is 0 Å². The molecule has 0 bridgehead atoms. The molecule has 2 aliphatic rings. The van der Waals surface area contributed by atoms with Gasteiger partial charge in [0, 0.05) is 17.6 Å². The van der Waals surface area contributed by atoms with Crippen molar-refractivity contribution in [1.82, 2.24) is 0 Å². The number of rotatable bonds is 3. The third-order valence-electron chi connectivity index (χ3n) is 5.55.